The van der Waals surface area contributed by atoms with E-state index in [0.717, 1.165) is 49.7 Å². The molecule has 1 saturated carbocycles. The number of ether oxygens (including phenoxy) is 1. The Morgan fingerprint density at radius 3 is 1.87 bits per heavy atom. The second kappa shape index (κ2) is 30.4. The van der Waals surface area contributed by atoms with E-state index in [1.807, 2.05) is 32.0 Å². The third-order valence-electron chi connectivity index (χ3n) is 11.7. The fourth-order valence-electron chi connectivity index (χ4n) is 7.66. The molecule has 3 aliphatic carbocycles. The number of allylic oxidation sites excluding steroid dienone is 2. The molecular weight excluding hydrogens is 998 g/mol. The lowest BCUT2D eigenvalue weighted by Gasteiger charge is -2.27. The van der Waals surface area contributed by atoms with Gasteiger partial charge in [-0.05, 0) is 119 Å². The Morgan fingerprint density at radius 2 is 1.39 bits per heavy atom. The second-order valence-electron chi connectivity index (χ2n) is 18.3. The van der Waals surface area contributed by atoms with Gasteiger partial charge in [0.15, 0.2) is 0 Å². The molecule has 23 heteroatoms. The zero-order valence-electron chi connectivity index (χ0n) is 44.4. The van der Waals surface area contributed by atoms with E-state index in [2.05, 4.69) is 54.2 Å². The minimum atomic E-state index is -4.47. The molecule has 1 amide bonds. The van der Waals surface area contributed by atoms with Crippen LogP contribution in [0.2, 0.25) is 0 Å². The van der Waals surface area contributed by atoms with Gasteiger partial charge in [-0.1, -0.05) is 49.8 Å². The first-order valence-electron chi connectivity index (χ1n) is 25.1. The molecule has 20 nitrogen and oxygen atoms in total. The number of amides is 1. The quantitative estimate of drug-likeness (QED) is 0.0671. The van der Waals surface area contributed by atoms with E-state index < -0.39 is 36.4 Å². The van der Waals surface area contributed by atoms with Crippen molar-refractivity contribution >= 4 is 29.6 Å². The van der Waals surface area contributed by atoms with Crippen molar-refractivity contribution < 1.29 is 72.7 Å². The largest absolute Gasteiger partial charge is 0.508 e. The molecule has 1 fully saturated rings. The van der Waals surface area contributed by atoms with Gasteiger partial charge < -0.3 is 45.3 Å². The SMILES string of the molecule is CC1CCCC(=O)C1.COC(=O)C1=C(N)CC(C)CC1.Cc1ccc(-c2noc(CCC(=O)O)n2)nc1.Cc1cccc(O)c1.O=C(CCc1nc(-c2ccc(O)cn2)no1)NC1=C(C(=O)O)CCC(C(F)(F)F)C1.[2H]C. The summed E-state index contributed by atoms with van der Waals surface area (Å²) < 4.78 is 59.3. The average molecular weight is 1070 g/mol. The minimum Gasteiger partial charge on any atom is -0.508 e. The number of hydrogen-bond acceptors (Lipinski definition) is 17. The summed E-state index contributed by atoms with van der Waals surface area (Å²) in [5.74, 6) is -1.92. The molecule has 3 atom stereocenters. The molecule has 412 valence electrons. The van der Waals surface area contributed by atoms with Gasteiger partial charge in [-0.15, -0.1) is 0 Å². The van der Waals surface area contributed by atoms with Crippen LogP contribution in [0.4, 0.5) is 13.2 Å². The monoisotopic (exact) mass is 1070 g/mol. The van der Waals surface area contributed by atoms with Gasteiger partial charge in [-0.2, -0.15) is 23.1 Å². The first-order chi connectivity index (χ1) is 36.5. The number of aliphatic carboxylic acids is 2. The Kier molecular flexibility index (Phi) is 24.2. The molecule has 0 bridgehead atoms. The number of esters is 1. The zero-order chi connectivity index (χ0) is 57.2. The van der Waals surface area contributed by atoms with Crippen LogP contribution in [0.25, 0.3) is 23.0 Å². The number of alkyl halides is 3. The number of pyridine rings is 2. The molecule has 8 rings (SSSR count). The Balaban J connectivity index is 0.000000279. The number of ketones is 1. The highest BCUT2D eigenvalue weighted by atomic mass is 19.4. The maximum atomic E-state index is 13.0. The first kappa shape index (κ1) is 60.6. The molecule has 0 saturated heterocycles. The Bertz CT molecular complexity index is 2750. The maximum Gasteiger partial charge on any atom is 0.392 e. The number of halogens is 3. The number of carboxylic acids is 2. The smallest absolute Gasteiger partial charge is 0.392 e. The molecule has 7 N–H and O–H groups in total. The Morgan fingerprint density at radius 1 is 0.789 bits per heavy atom. The summed E-state index contributed by atoms with van der Waals surface area (Å²) in [7, 11) is 2.64. The number of nitrogens with two attached hydrogens (primary N) is 1. The van der Waals surface area contributed by atoms with Crippen LogP contribution in [0.1, 0.15) is 123 Å². The number of benzene rings is 1. The van der Waals surface area contributed by atoms with Gasteiger partial charge >= 0.3 is 24.1 Å². The van der Waals surface area contributed by atoms with E-state index in [4.69, 9.17) is 26.4 Å². The standard InChI is InChI=1S/C18H17F3N4O5.C11H11N3O3.C9H15NO2.C7H12O.C7H8O.CH4/c19-18(20,21)9-1-3-11(17(28)29)13(7-9)23-14(27)5-6-15-24-16(25-30-15)12-4-2-10(26)8-22-12;1-7-2-3-8(12-6-7)11-13-9(17-14-11)4-5-10(15)16;1-6-3-4-7(8(10)5-6)9(11)12-2;2*1-6-3-2-4-7(8)5-6;/h2,4,8-9,26H,1,3,5-7H2,(H,23,27)(H,28,29);2-3,6H,4-5H2,1H3,(H,15,16);6H,3-5,10H2,1-2H3;6H,2-5H2,1H3;2-5,8H,1H3;1H4/i;;;;;1D. The van der Waals surface area contributed by atoms with E-state index >= 15 is 0 Å². The van der Waals surface area contributed by atoms with Crippen LogP contribution in [-0.2, 0) is 41.6 Å². The van der Waals surface area contributed by atoms with Crippen molar-refractivity contribution in [2.45, 2.75) is 131 Å². The number of carbonyl (C=O) groups is 5. The zero-order valence-corrected chi connectivity index (χ0v) is 43.4. The molecule has 0 spiro atoms. The van der Waals surface area contributed by atoms with Gasteiger partial charge in [0.05, 0.1) is 36.8 Å². The molecule has 76 heavy (non-hydrogen) atoms. The number of methoxy groups -OCH3 is 1. The molecule has 4 aromatic heterocycles. The fourth-order valence-corrected chi connectivity index (χ4v) is 7.66. The van der Waals surface area contributed by atoms with E-state index in [-0.39, 0.29) is 73.2 Å². The van der Waals surface area contributed by atoms with Crippen LogP contribution in [0.15, 0.2) is 92.5 Å². The number of Topliss-reactive ketones (excluding diaryl/α,β-unsaturated/α-hetero) is 1. The molecule has 0 radical (unpaired) electrons. The highest BCUT2D eigenvalue weighted by Crippen LogP contribution is 2.39. The number of carbonyl (C=O) groups excluding carboxylic acids is 3. The highest BCUT2D eigenvalue weighted by molar-refractivity contribution is 5.90. The van der Waals surface area contributed by atoms with Crippen LogP contribution < -0.4 is 11.1 Å². The van der Waals surface area contributed by atoms with Crippen LogP contribution in [0.5, 0.6) is 11.5 Å². The summed E-state index contributed by atoms with van der Waals surface area (Å²) in [6.45, 7) is 8.17. The molecule has 4 heterocycles. The summed E-state index contributed by atoms with van der Waals surface area (Å²) in [5, 5.41) is 45.5. The molecule has 1 aromatic carbocycles. The van der Waals surface area contributed by atoms with Gasteiger partial charge in [-0.3, -0.25) is 19.4 Å². The molecule has 0 aliphatic heterocycles. The number of aryl methyl sites for hydroxylation is 4. The maximum absolute atomic E-state index is 13.0. The Hall–Kier alpha value is -7.98. The first-order valence-corrected chi connectivity index (χ1v) is 24.1. The molecule has 3 unspecified atom stereocenters. The lowest BCUT2D eigenvalue weighted by atomic mass is 9.86. The van der Waals surface area contributed by atoms with Gasteiger partial charge in [0, 0.05) is 51.1 Å². The normalized spacial score (nSPS) is 17.1. The highest BCUT2D eigenvalue weighted by Gasteiger charge is 2.43. The second-order valence-corrected chi connectivity index (χ2v) is 18.3. The lowest BCUT2D eigenvalue weighted by molar-refractivity contribution is -0.178. The molecular formula is C53H67F3N8O12. The fraction of sp³-hybridized carbons (Fsp3) is 0.453. The van der Waals surface area contributed by atoms with Gasteiger partial charge in [0.25, 0.3) is 0 Å². The van der Waals surface area contributed by atoms with Crippen molar-refractivity contribution in [3.05, 3.63) is 106 Å². The Labute approximate surface area is 439 Å². The van der Waals surface area contributed by atoms with Crippen LogP contribution in [0.3, 0.4) is 0 Å². The van der Waals surface area contributed by atoms with Crippen molar-refractivity contribution in [3.63, 3.8) is 0 Å². The number of aromatic nitrogens is 6. The number of phenols is 1. The van der Waals surface area contributed by atoms with E-state index in [1.54, 1.807) is 24.4 Å². The number of phenolic OH excluding ortho intramolecular Hbond substituents is 1. The van der Waals surface area contributed by atoms with Gasteiger partial charge in [0.2, 0.25) is 29.3 Å². The number of rotatable bonds is 11. The van der Waals surface area contributed by atoms with Crippen molar-refractivity contribution in [2.75, 3.05) is 7.11 Å². The molecule has 5 aromatic rings. The average Bonchev–Trinajstić information content (AvgIpc) is 4.07. The van der Waals surface area contributed by atoms with Crippen LogP contribution >= 0.6 is 0 Å². The van der Waals surface area contributed by atoms with Crippen molar-refractivity contribution in [1.29, 1.82) is 0 Å². The van der Waals surface area contributed by atoms with Crippen molar-refractivity contribution in [3.8, 4) is 34.5 Å². The summed E-state index contributed by atoms with van der Waals surface area (Å²) in [4.78, 5) is 71.9. The van der Waals surface area contributed by atoms with Crippen molar-refractivity contribution in [1.82, 2.24) is 35.6 Å². The number of aromatic hydroxyl groups is 2. The van der Waals surface area contributed by atoms with Gasteiger partial charge in [0.1, 0.15) is 28.7 Å². The topological polar surface area (TPSA) is 317 Å². The van der Waals surface area contributed by atoms with E-state index in [0.29, 0.717) is 57.7 Å². The van der Waals surface area contributed by atoms with E-state index in [9.17, 15) is 47.4 Å². The number of nitrogens with one attached hydrogen (secondary N) is 1. The summed E-state index contributed by atoms with van der Waals surface area (Å²) in [6.07, 6.45) is 3.92. The van der Waals surface area contributed by atoms with E-state index in [1.165, 1.54) is 39.3 Å². The summed E-state index contributed by atoms with van der Waals surface area (Å²) in [6, 6.07) is 13.7. The van der Waals surface area contributed by atoms with Crippen LogP contribution in [-0.4, -0.2) is 93.6 Å². The third kappa shape index (κ3) is 21.5. The van der Waals surface area contributed by atoms with Crippen LogP contribution in [0, 0.1) is 31.6 Å². The number of carboxylic acid groups (broad SMARTS) is 2. The summed E-state index contributed by atoms with van der Waals surface area (Å²) in [5.41, 5.74) is 9.75. The lowest BCUT2D eigenvalue weighted by Crippen LogP contribution is -2.34. The number of hydrogen-bond donors (Lipinski definition) is 6. The predicted molar refractivity (Wildman–Crippen MR) is 270 cm³/mol. The molecule has 3 aliphatic rings. The number of nitrogens with zero attached hydrogens (tertiary/aromatic N) is 6. The van der Waals surface area contributed by atoms with Gasteiger partial charge in [-0.25, -0.2) is 14.6 Å². The summed E-state index contributed by atoms with van der Waals surface area (Å²) >= 11 is 0. The minimum absolute atomic E-state index is 0.00466. The third-order valence-corrected chi connectivity index (χ3v) is 11.7. The predicted octanol–water partition coefficient (Wildman–Crippen LogP) is 9.34. The van der Waals surface area contributed by atoms with Crippen molar-refractivity contribution in [2.24, 2.45) is 23.5 Å².